The normalized spacial score (nSPS) is 14.8. The molecule has 6 aromatic carbocycles. The summed E-state index contributed by atoms with van der Waals surface area (Å²) >= 11 is 0. The minimum absolute atomic E-state index is 0.533. The van der Waals surface area contributed by atoms with E-state index in [1.165, 1.54) is 26.7 Å². The fourth-order valence-electron chi connectivity index (χ4n) is 6.90. The predicted molar refractivity (Wildman–Crippen MR) is 188 cm³/mol. The van der Waals surface area contributed by atoms with Crippen LogP contribution in [0.4, 0.5) is 0 Å². The Bertz CT molecular complexity index is 2070. The van der Waals surface area contributed by atoms with Gasteiger partial charge in [0.15, 0.2) is 0 Å². The molecule has 8 rings (SSSR count). The Balaban J connectivity index is 1.43. The molecule has 0 radical (unpaired) electrons. The first-order chi connectivity index (χ1) is 22.2. The molecule has 0 bridgehead atoms. The molecule has 1 heterocycles. The first-order valence-electron chi connectivity index (χ1n) is 15.7. The van der Waals surface area contributed by atoms with Crippen LogP contribution in [0.1, 0.15) is 36.8 Å². The highest BCUT2D eigenvalue weighted by molar-refractivity contribution is 7.80. The zero-order valence-electron chi connectivity index (χ0n) is 24.9. The van der Waals surface area contributed by atoms with Crippen molar-refractivity contribution in [3.63, 3.8) is 0 Å². The monoisotopic (exact) mass is 600 g/mol. The smallest absolute Gasteiger partial charge is 0.138 e. The molecule has 3 nitrogen and oxygen atoms in total. The minimum atomic E-state index is -0.905. The molecule has 218 valence electrons. The van der Waals surface area contributed by atoms with Crippen molar-refractivity contribution in [1.82, 2.24) is 9.97 Å². The molecule has 1 saturated carbocycles. The summed E-state index contributed by atoms with van der Waals surface area (Å²) in [6, 6.07) is 53.3. The van der Waals surface area contributed by atoms with Crippen molar-refractivity contribution in [3.8, 4) is 11.3 Å². The minimum Gasteiger partial charge on any atom is -0.387 e. The van der Waals surface area contributed by atoms with Gasteiger partial charge >= 0.3 is 0 Å². The van der Waals surface area contributed by atoms with Gasteiger partial charge in [-0.2, -0.15) is 0 Å². The number of rotatable bonds is 7. The summed E-state index contributed by atoms with van der Waals surface area (Å²) in [6.07, 6.45) is 2.06. The second kappa shape index (κ2) is 11.7. The summed E-state index contributed by atoms with van der Waals surface area (Å²) in [5.74, 6) is 0.737. The van der Waals surface area contributed by atoms with E-state index in [2.05, 4.69) is 121 Å². The summed E-state index contributed by atoms with van der Waals surface area (Å²) in [6.45, 7) is 0. The van der Waals surface area contributed by atoms with Gasteiger partial charge in [0.05, 0.1) is 22.7 Å². The molecule has 1 aliphatic rings. The summed E-state index contributed by atoms with van der Waals surface area (Å²) in [4.78, 5) is 10.7. The van der Waals surface area contributed by atoms with Crippen LogP contribution in [0.5, 0.6) is 0 Å². The first-order valence-corrected chi connectivity index (χ1v) is 17.0. The molecule has 0 amide bonds. The fraction of sp³-hybridized carbons (Fsp3) is 0.122. The van der Waals surface area contributed by atoms with Crippen molar-refractivity contribution in [2.75, 3.05) is 0 Å². The van der Waals surface area contributed by atoms with E-state index in [1.807, 2.05) is 30.3 Å². The number of fused-ring (bicyclic) bond motifs is 2. The molecule has 4 heteroatoms. The number of aliphatic hydroxyl groups is 1. The van der Waals surface area contributed by atoms with E-state index in [4.69, 9.17) is 9.97 Å². The van der Waals surface area contributed by atoms with Crippen LogP contribution < -0.4 is 15.9 Å². The van der Waals surface area contributed by atoms with Crippen LogP contribution in [0.2, 0.25) is 0 Å². The molecule has 1 unspecified atom stereocenters. The molecule has 45 heavy (non-hydrogen) atoms. The largest absolute Gasteiger partial charge is 0.387 e. The lowest BCUT2D eigenvalue weighted by Gasteiger charge is -2.44. The Hall–Kier alpha value is -4.69. The quantitative estimate of drug-likeness (QED) is 0.187. The Morgan fingerprint density at radius 2 is 1.16 bits per heavy atom. The topological polar surface area (TPSA) is 46.0 Å². The lowest BCUT2D eigenvalue weighted by atomic mass is 9.63. The fourth-order valence-corrected chi connectivity index (χ4v) is 9.37. The lowest BCUT2D eigenvalue weighted by Crippen LogP contribution is -2.42. The van der Waals surface area contributed by atoms with E-state index in [1.54, 1.807) is 0 Å². The van der Waals surface area contributed by atoms with Gasteiger partial charge in [0.2, 0.25) is 0 Å². The van der Waals surface area contributed by atoms with Gasteiger partial charge in [-0.3, -0.25) is 0 Å². The average Bonchev–Trinajstić information content (AvgIpc) is 3.09. The third kappa shape index (κ3) is 4.84. The van der Waals surface area contributed by atoms with E-state index < -0.39 is 19.4 Å². The maximum atomic E-state index is 11.9. The average molecular weight is 601 g/mol. The predicted octanol–water partition coefficient (Wildman–Crippen LogP) is 8.36. The number of hydrogen-bond donors (Lipinski definition) is 1. The van der Waals surface area contributed by atoms with Gasteiger partial charge in [0.1, 0.15) is 5.82 Å². The van der Waals surface area contributed by atoms with Gasteiger partial charge in [-0.1, -0.05) is 152 Å². The Morgan fingerprint density at radius 1 is 0.578 bits per heavy atom. The SMILES string of the molecule is OC(c1ccccc1)C1(c2nc(-c3c(P(c4ccccc4)c4ccccc4)ccc4ccccc34)c3ccccc3n2)CCC1. The van der Waals surface area contributed by atoms with Crippen LogP contribution in [-0.4, -0.2) is 15.1 Å². The highest BCUT2D eigenvalue weighted by atomic mass is 31.1. The van der Waals surface area contributed by atoms with Crippen LogP contribution in [-0.2, 0) is 5.41 Å². The van der Waals surface area contributed by atoms with Crippen LogP contribution in [0, 0.1) is 0 Å². The molecule has 1 aliphatic carbocycles. The summed E-state index contributed by atoms with van der Waals surface area (Å²) in [5.41, 5.74) is 3.38. The molecule has 7 aromatic rings. The molecule has 0 saturated heterocycles. The van der Waals surface area contributed by atoms with Gasteiger partial charge in [0.25, 0.3) is 0 Å². The first kappa shape index (κ1) is 27.8. The maximum Gasteiger partial charge on any atom is 0.138 e. The Morgan fingerprint density at radius 3 is 1.80 bits per heavy atom. The number of para-hydroxylation sites is 1. The van der Waals surface area contributed by atoms with Gasteiger partial charge in [-0.25, -0.2) is 9.97 Å². The van der Waals surface area contributed by atoms with Crippen molar-refractivity contribution >= 4 is 45.5 Å². The molecule has 0 aliphatic heterocycles. The van der Waals surface area contributed by atoms with Gasteiger partial charge in [0, 0.05) is 10.9 Å². The van der Waals surface area contributed by atoms with Crippen molar-refractivity contribution in [3.05, 3.63) is 163 Å². The van der Waals surface area contributed by atoms with Crippen molar-refractivity contribution in [1.29, 1.82) is 0 Å². The molecular weight excluding hydrogens is 567 g/mol. The van der Waals surface area contributed by atoms with Crippen molar-refractivity contribution in [2.45, 2.75) is 30.8 Å². The van der Waals surface area contributed by atoms with Crippen LogP contribution in [0.3, 0.4) is 0 Å². The van der Waals surface area contributed by atoms with Gasteiger partial charge in [-0.05, 0) is 59.1 Å². The van der Waals surface area contributed by atoms with E-state index in [9.17, 15) is 5.11 Å². The summed E-state index contributed by atoms with van der Waals surface area (Å²) in [7, 11) is -0.905. The second-order valence-electron chi connectivity index (χ2n) is 11.9. The van der Waals surface area contributed by atoms with Crippen molar-refractivity contribution < 1.29 is 5.11 Å². The van der Waals surface area contributed by atoms with E-state index in [0.29, 0.717) is 0 Å². The zero-order valence-corrected chi connectivity index (χ0v) is 25.8. The summed E-state index contributed by atoms with van der Waals surface area (Å²) in [5, 5.41) is 19.2. The highest BCUT2D eigenvalue weighted by Crippen LogP contribution is 2.52. The van der Waals surface area contributed by atoms with E-state index >= 15 is 0 Å². The van der Waals surface area contributed by atoms with Crippen LogP contribution in [0.15, 0.2) is 152 Å². The second-order valence-corrected chi connectivity index (χ2v) is 14.1. The molecular formula is C41H33N2OP. The van der Waals surface area contributed by atoms with Gasteiger partial charge < -0.3 is 5.11 Å². The molecule has 1 N–H and O–H groups in total. The molecule has 1 aromatic heterocycles. The van der Waals surface area contributed by atoms with Crippen LogP contribution >= 0.6 is 7.92 Å². The number of nitrogens with zero attached hydrogens (tertiary/aromatic N) is 2. The van der Waals surface area contributed by atoms with Crippen molar-refractivity contribution in [2.24, 2.45) is 0 Å². The summed E-state index contributed by atoms with van der Waals surface area (Å²) < 4.78 is 0. The van der Waals surface area contributed by atoms with E-state index in [0.717, 1.165) is 52.8 Å². The molecule has 1 fully saturated rings. The van der Waals surface area contributed by atoms with E-state index in [-0.39, 0.29) is 0 Å². The number of benzene rings is 6. The number of aliphatic hydroxyl groups excluding tert-OH is 1. The molecule has 0 spiro atoms. The zero-order chi connectivity index (χ0) is 30.2. The Labute approximate surface area is 265 Å². The van der Waals surface area contributed by atoms with Gasteiger partial charge in [-0.15, -0.1) is 0 Å². The maximum absolute atomic E-state index is 11.9. The third-order valence-corrected chi connectivity index (χ3v) is 11.8. The highest BCUT2D eigenvalue weighted by Gasteiger charge is 2.48. The Kier molecular flexibility index (Phi) is 7.22. The number of hydrogen-bond acceptors (Lipinski definition) is 3. The van der Waals surface area contributed by atoms with Crippen LogP contribution in [0.25, 0.3) is 32.9 Å². The lowest BCUT2D eigenvalue weighted by molar-refractivity contribution is 0.0211. The number of aromatic nitrogens is 2. The standard InChI is InChI=1S/C41H33N2OP/c44-39(30-16-4-1-5-17-30)41(27-14-28-41)40-42-35-24-13-12-23-34(35)38(43-40)37-33-22-11-10-15-29(33)25-26-36(37)45(31-18-6-2-7-19-31)32-20-8-3-9-21-32/h1-13,15-26,39,44H,14,27-28H2. The molecule has 1 atom stereocenters. The third-order valence-electron chi connectivity index (χ3n) is 9.35.